The Labute approximate surface area is 176 Å². The smallest absolute Gasteiger partial charge is 0.223 e. The lowest BCUT2D eigenvalue weighted by atomic mass is 9.49. The topological polar surface area (TPSA) is 58.5 Å². The highest BCUT2D eigenvalue weighted by Crippen LogP contribution is 2.63. The lowest BCUT2D eigenvalue weighted by Gasteiger charge is -2.56. The average molecular weight is 401 g/mol. The molecular formula is C25H40N2O2. The van der Waals surface area contributed by atoms with Crippen LogP contribution in [0.25, 0.3) is 0 Å². The van der Waals surface area contributed by atoms with Gasteiger partial charge in [-0.2, -0.15) is 0 Å². The van der Waals surface area contributed by atoms with Crippen LogP contribution in [0, 0.1) is 39.9 Å². The van der Waals surface area contributed by atoms with Gasteiger partial charge in [0.1, 0.15) is 5.78 Å². The third-order valence-electron chi connectivity index (χ3n) is 9.19. The highest BCUT2D eigenvalue weighted by Gasteiger charge is 2.60. The van der Waals surface area contributed by atoms with E-state index in [4.69, 9.17) is 4.99 Å². The molecule has 0 aromatic heterocycles. The standard InChI is InChI=1S/C25H40N2O2/c1-23(2,3)12-13-26-22(29)20-7-6-18-17-15-27-21-14-16(28)8-10-25(21,5)19(17)9-11-24(18,20)4/h17-20H,6-15H2,1-5H3,(H,26,29)/t17?,18?,19?,20-,24+,25-/m1/s1. The van der Waals surface area contributed by atoms with Gasteiger partial charge in [-0.3, -0.25) is 14.6 Å². The molecule has 3 fully saturated rings. The predicted octanol–water partition coefficient (Wildman–Crippen LogP) is 4.81. The summed E-state index contributed by atoms with van der Waals surface area (Å²) in [5, 5.41) is 3.27. The van der Waals surface area contributed by atoms with Crippen LogP contribution in [0.5, 0.6) is 0 Å². The first-order chi connectivity index (χ1) is 13.5. The van der Waals surface area contributed by atoms with E-state index in [1.165, 1.54) is 12.1 Å². The van der Waals surface area contributed by atoms with E-state index in [1.54, 1.807) is 0 Å². The number of hydrogen-bond donors (Lipinski definition) is 1. The molecule has 4 heteroatoms. The van der Waals surface area contributed by atoms with Gasteiger partial charge in [0, 0.05) is 43.0 Å². The van der Waals surface area contributed by atoms with Crippen LogP contribution >= 0.6 is 0 Å². The summed E-state index contributed by atoms with van der Waals surface area (Å²) in [6, 6.07) is 0. The lowest BCUT2D eigenvalue weighted by molar-refractivity contribution is -0.131. The van der Waals surface area contributed by atoms with Crippen molar-refractivity contribution in [3.63, 3.8) is 0 Å². The van der Waals surface area contributed by atoms with Crippen molar-refractivity contribution < 1.29 is 9.59 Å². The van der Waals surface area contributed by atoms with E-state index < -0.39 is 0 Å². The largest absolute Gasteiger partial charge is 0.356 e. The summed E-state index contributed by atoms with van der Waals surface area (Å²) in [6.07, 6.45) is 7.82. The minimum absolute atomic E-state index is 0.112. The number of ketones is 1. The predicted molar refractivity (Wildman–Crippen MR) is 117 cm³/mol. The monoisotopic (exact) mass is 400 g/mol. The summed E-state index contributed by atoms with van der Waals surface area (Å²) < 4.78 is 0. The number of amides is 1. The summed E-state index contributed by atoms with van der Waals surface area (Å²) in [7, 11) is 0. The molecule has 1 N–H and O–H groups in total. The van der Waals surface area contributed by atoms with Crippen LogP contribution in [0.4, 0.5) is 0 Å². The first kappa shape index (κ1) is 21.1. The summed E-state index contributed by atoms with van der Waals surface area (Å²) >= 11 is 0. The molecule has 6 atom stereocenters. The van der Waals surface area contributed by atoms with E-state index in [9.17, 15) is 9.59 Å². The van der Waals surface area contributed by atoms with Gasteiger partial charge in [0.2, 0.25) is 5.91 Å². The van der Waals surface area contributed by atoms with Crippen molar-refractivity contribution >= 4 is 17.4 Å². The summed E-state index contributed by atoms with van der Waals surface area (Å²) in [5.74, 6) is 2.63. The van der Waals surface area contributed by atoms with Gasteiger partial charge in [0.05, 0.1) is 0 Å². The molecule has 0 aromatic rings. The summed E-state index contributed by atoms with van der Waals surface area (Å²) in [5.41, 5.74) is 1.67. The van der Waals surface area contributed by atoms with Crippen LogP contribution in [0.2, 0.25) is 0 Å². The highest BCUT2D eigenvalue weighted by atomic mass is 16.2. The maximum Gasteiger partial charge on any atom is 0.223 e. The fourth-order valence-corrected chi connectivity index (χ4v) is 7.32. The number of rotatable bonds is 3. The van der Waals surface area contributed by atoms with Crippen molar-refractivity contribution in [1.29, 1.82) is 0 Å². The maximum atomic E-state index is 13.1. The molecule has 3 unspecified atom stereocenters. The van der Waals surface area contributed by atoms with Gasteiger partial charge in [-0.1, -0.05) is 34.6 Å². The number of aliphatic imine (C=N–C) groups is 1. The van der Waals surface area contributed by atoms with Crippen LogP contribution in [0.3, 0.4) is 0 Å². The molecule has 3 saturated carbocycles. The number of nitrogens with one attached hydrogen (secondary N) is 1. The highest BCUT2D eigenvalue weighted by molar-refractivity contribution is 6.07. The molecule has 0 aromatic carbocycles. The van der Waals surface area contributed by atoms with Gasteiger partial charge < -0.3 is 5.32 Å². The Balaban J connectivity index is 1.49. The van der Waals surface area contributed by atoms with Gasteiger partial charge in [-0.05, 0) is 67.1 Å². The second-order valence-corrected chi connectivity index (χ2v) is 12.1. The number of fused-ring (bicyclic) bond motifs is 5. The number of hydrogen-bond acceptors (Lipinski definition) is 3. The van der Waals surface area contributed by atoms with Crippen molar-refractivity contribution in [3.05, 3.63) is 0 Å². The fourth-order valence-electron chi connectivity index (χ4n) is 7.32. The molecule has 0 spiro atoms. The number of carbonyl (C=O) groups is 2. The zero-order valence-electron chi connectivity index (χ0n) is 19.1. The van der Waals surface area contributed by atoms with Gasteiger partial charge in [-0.25, -0.2) is 0 Å². The van der Waals surface area contributed by atoms with Crippen LogP contribution < -0.4 is 5.32 Å². The Hall–Kier alpha value is -1.19. The molecule has 162 valence electrons. The average Bonchev–Trinajstić information content (AvgIpc) is 2.98. The van der Waals surface area contributed by atoms with Crippen molar-refractivity contribution in [1.82, 2.24) is 5.32 Å². The molecule has 1 aliphatic heterocycles. The Bertz CT molecular complexity index is 721. The SMILES string of the molecule is CC(C)(C)CCNC(=O)[C@H]1CCC2C3CN=C4CC(=O)CC[C@]4(C)C3CC[C@@]21C. The van der Waals surface area contributed by atoms with Crippen molar-refractivity contribution in [2.75, 3.05) is 13.1 Å². The van der Waals surface area contributed by atoms with E-state index in [2.05, 4.69) is 39.9 Å². The molecule has 0 bridgehead atoms. The number of carbonyl (C=O) groups excluding carboxylic acids is 2. The molecule has 29 heavy (non-hydrogen) atoms. The Morgan fingerprint density at radius 2 is 1.90 bits per heavy atom. The summed E-state index contributed by atoms with van der Waals surface area (Å²) in [6.45, 7) is 13.1. The molecule has 4 nitrogen and oxygen atoms in total. The van der Waals surface area contributed by atoms with E-state index in [-0.39, 0.29) is 28.1 Å². The Morgan fingerprint density at radius 1 is 1.14 bits per heavy atom. The Morgan fingerprint density at radius 3 is 2.62 bits per heavy atom. The van der Waals surface area contributed by atoms with Gasteiger partial charge in [0.25, 0.3) is 0 Å². The van der Waals surface area contributed by atoms with E-state index >= 15 is 0 Å². The lowest BCUT2D eigenvalue weighted by Crippen LogP contribution is -2.55. The van der Waals surface area contributed by atoms with Gasteiger partial charge >= 0.3 is 0 Å². The molecule has 0 saturated heterocycles. The van der Waals surface area contributed by atoms with Crippen LogP contribution in [-0.4, -0.2) is 30.5 Å². The van der Waals surface area contributed by atoms with Crippen LogP contribution in [0.1, 0.15) is 86.0 Å². The second-order valence-electron chi connectivity index (χ2n) is 12.1. The van der Waals surface area contributed by atoms with Gasteiger partial charge in [-0.15, -0.1) is 0 Å². The normalized spacial score (nSPS) is 41.8. The first-order valence-electron chi connectivity index (χ1n) is 11.9. The second kappa shape index (κ2) is 7.20. The molecule has 1 amide bonds. The summed E-state index contributed by atoms with van der Waals surface area (Å²) in [4.78, 5) is 30.1. The van der Waals surface area contributed by atoms with Gasteiger partial charge in [0.15, 0.2) is 0 Å². The van der Waals surface area contributed by atoms with E-state index in [0.29, 0.717) is 30.0 Å². The van der Waals surface area contributed by atoms with Crippen LogP contribution in [-0.2, 0) is 9.59 Å². The maximum absolute atomic E-state index is 13.1. The first-order valence-corrected chi connectivity index (χ1v) is 11.9. The number of Topliss-reactive ketones (excluding diaryl/α,β-unsaturated/α-hetero) is 1. The van der Waals surface area contributed by atoms with Crippen LogP contribution in [0.15, 0.2) is 4.99 Å². The Kier molecular flexibility index (Phi) is 5.23. The molecule has 0 radical (unpaired) electrons. The molecule has 1 heterocycles. The van der Waals surface area contributed by atoms with Crippen molar-refractivity contribution in [2.45, 2.75) is 86.0 Å². The molecular weight excluding hydrogens is 360 g/mol. The number of nitrogens with zero attached hydrogens (tertiary/aromatic N) is 1. The zero-order valence-corrected chi connectivity index (χ0v) is 19.1. The third-order valence-corrected chi connectivity index (χ3v) is 9.19. The fraction of sp³-hybridized carbons (Fsp3) is 0.880. The molecule has 3 aliphatic carbocycles. The van der Waals surface area contributed by atoms with E-state index in [1.807, 2.05) is 0 Å². The van der Waals surface area contributed by atoms with Crippen molar-refractivity contribution in [3.8, 4) is 0 Å². The quantitative estimate of drug-likeness (QED) is 0.739. The molecule has 4 rings (SSSR count). The minimum atomic E-state index is 0.112. The minimum Gasteiger partial charge on any atom is -0.356 e. The third kappa shape index (κ3) is 3.59. The zero-order chi connectivity index (χ0) is 21.0. The van der Waals surface area contributed by atoms with E-state index in [0.717, 1.165) is 51.6 Å². The van der Waals surface area contributed by atoms with Crippen molar-refractivity contribution in [2.24, 2.45) is 44.9 Å². The molecule has 4 aliphatic rings.